The van der Waals surface area contributed by atoms with Crippen molar-refractivity contribution in [3.8, 4) is 34.3 Å². The van der Waals surface area contributed by atoms with Gasteiger partial charge in [0, 0.05) is 11.5 Å². The van der Waals surface area contributed by atoms with Gasteiger partial charge in [0.1, 0.15) is 6.61 Å². The Hall–Kier alpha value is -4.20. The highest BCUT2D eigenvalue weighted by Crippen LogP contribution is 2.43. The minimum absolute atomic E-state index is 0.102. The molecule has 0 saturated carbocycles. The first-order valence-electron chi connectivity index (χ1n) is 10.6. The molecule has 0 unspecified atom stereocenters. The van der Waals surface area contributed by atoms with Gasteiger partial charge in [-0.1, -0.05) is 36.4 Å². The monoisotopic (exact) mass is 465 g/mol. The highest BCUT2D eigenvalue weighted by molar-refractivity contribution is 6.01. The molecule has 0 amide bonds. The lowest BCUT2D eigenvalue weighted by Gasteiger charge is -2.12. The summed E-state index contributed by atoms with van der Waals surface area (Å²) in [5.41, 5.74) is 2.55. The van der Waals surface area contributed by atoms with Crippen LogP contribution in [0.1, 0.15) is 12.5 Å². The number of nitrogens with one attached hydrogen (secondary N) is 1. The molecule has 3 aromatic carbocycles. The number of hydrogen-bond donors (Lipinski definition) is 1. The van der Waals surface area contributed by atoms with Gasteiger partial charge in [0.05, 0.1) is 31.9 Å². The van der Waals surface area contributed by atoms with Gasteiger partial charge in [-0.05, 0) is 36.2 Å². The lowest BCUT2D eigenvalue weighted by atomic mass is 10.0. The van der Waals surface area contributed by atoms with Gasteiger partial charge in [-0.25, -0.2) is 9.18 Å². The zero-order valence-electron chi connectivity index (χ0n) is 19.0. The Morgan fingerprint density at radius 3 is 2.38 bits per heavy atom. The summed E-state index contributed by atoms with van der Waals surface area (Å²) in [6.07, 6.45) is -0.878. The lowest BCUT2D eigenvalue weighted by molar-refractivity contribution is 0.103. The number of carbonyl (C=O) groups excluding carboxylic acids is 1. The van der Waals surface area contributed by atoms with Gasteiger partial charge in [0.25, 0.3) is 0 Å². The van der Waals surface area contributed by atoms with Crippen LogP contribution >= 0.6 is 0 Å². The lowest BCUT2D eigenvalue weighted by Crippen LogP contribution is -2.10. The van der Waals surface area contributed by atoms with E-state index in [-0.39, 0.29) is 18.2 Å². The Balaban J connectivity index is 1.80. The Labute approximate surface area is 196 Å². The zero-order valence-corrected chi connectivity index (χ0v) is 19.0. The van der Waals surface area contributed by atoms with Gasteiger partial charge in [-0.2, -0.15) is 0 Å². The van der Waals surface area contributed by atoms with Crippen molar-refractivity contribution < 1.29 is 32.9 Å². The molecule has 0 atom stereocenters. The SMILES string of the molecule is CCOC(=O)Oc1[nH]c2cc(OCc3ccccc3)c(OC)cc2c1-c1ccc(OC)c(F)c1. The predicted octanol–water partition coefficient (Wildman–Crippen LogP) is 6.11. The van der Waals surface area contributed by atoms with E-state index >= 15 is 0 Å². The molecule has 7 nitrogen and oxygen atoms in total. The van der Waals surface area contributed by atoms with E-state index in [0.717, 1.165) is 5.56 Å². The van der Waals surface area contributed by atoms with Crippen LogP contribution in [0.2, 0.25) is 0 Å². The third-order valence-corrected chi connectivity index (χ3v) is 5.17. The molecule has 0 radical (unpaired) electrons. The van der Waals surface area contributed by atoms with Crippen LogP contribution in [0.5, 0.6) is 23.1 Å². The zero-order chi connectivity index (χ0) is 24.1. The molecule has 34 heavy (non-hydrogen) atoms. The second kappa shape index (κ2) is 10.2. The maximum atomic E-state index is 14.5. The largest absolute Gasteiger partial charge is 0.515 e. The summed E-state index contributed by atoms with van der Waals surface area (Å²) in [5.74, 6) is 0.632. The highest BCUT2D eigenvalue weighted by Gasteiger charge is 2.22. The highest BCUT2D eigenvalue weighted by atomic mass is 19.1. The molecule has 176 valence electrons. The van der Waals surface area contributed by atoms with E-state index < -0.39 is 12.0 Å². The number of hydrogen-bond acceptors (Lipinski definition) is 6. The Morgan fingerprint density at radius 1 is 0.941 bits per heavy atom. The summed E-state index contributed by atoms with van der Waals surface area (Å²) in [6, 6.07) is 17.7. The minimum Gasteiger partial charge on any atom is -0.494 e. The van der Waals surface area contributed by atoms with Crippen LogP contribution < -0.4 is 18.9 Å². The van der Waals surface area contributed by atoms with Crippen molar-refractivity contribution >= 4 is 17.1 Å². The van der Waals surface area contributed by atoms with E-state index in [1.54, 1.807) is 25.1 Å². The van der Waals surface area contributed by atoms with Crippen molar-refractivity contribution in [2.24, 2.45) is 0 Å². The molecule has 4 aromatic rings. The third-order valence-electron chi connectivity index (χ3n) is 5.17. The normalized spacial score (nSPS) is 10.7. The first kappa shape index (κ1) is 23.0. The van der Waals surface area contributed by atoms with Crippen molar-refractivity contribution in [1.82, 2.24) is 4.98 Å². The number of methoxy groups -OCH3 is 2. The van der Waals surface area contributed by atoms with Crippen molar-refractivity contribution in [3.63, 3.8) is 0 Å². The number of halogens is 1. The van der Waals surface area contributed by atoms with Gasteiger partial charge in [-0.3, -0.25) is 0 Å². The number of benzene rings is 3. The van der Waals surface area contributed by atoms with Crippen LogP contribution in [0, 0.1) is 5.82 Å². The second-order valence-electron chi connectivity index (χ2n) is 7.29. The average molecular weight is 465 g/mol. The van der Waals surface area contributed by atoms with Gasteiger partial charge >= 0.3 is 6.16 Å². The minimum atomic E-state index is -0.878. The fraction of sp³-hybridized carbons (Fsp3) is 0.192. The van der Waals surface area contributed by atoms with Crippen molar-refractivity contribution in [2.75, 3.05) is 20.8 Å². The van der Waals surface area contributed by atoms with Gasteiger partial charge < -0.3 is 28.7 Å². The van der Waals surface area contributed by atoms with E-state index in [9.17, 15) is 9.18 Å². The van der Waals surface area contributed by atoms with Crippen LogP contribution in [0.15, 0.2) is 60.7 Å². The van der Waals surface area contributed by atoms with E-state index in [4.69, 9.17) is 23.7 Å². The molecule has 0 bridgehead atoms. The number of carbonyl (C=O) groups is 1. The molecular formula is C26H24FNO6. The van der Waals surface area contributed by atoms with E-state index in [1.165, 1.54) is 26.4 Å². The van der Waals surface area contributed by atoms with Gasteiger partial charge in [-0.15, -0.1) is 0 Å². The van der Waals surface area contributed by atoms with Crippen LogP contribution in [0.3, 0.4) is 0 Å². The molecule has 0 fully saturated rings. The molecule has 0 spiro atoms. The fourth-order valence-electron chi connectivity index (χ4n) is 3.60. The summed E-state index contributed by atoms with van der Waals surface area (Å²) in [5, 5.41) is 0.646. The molecule has 0 saturated heterocycles. The van der Waals surface area contributed by atoms with Crippen LogP contribution in [-0.2, 0) is 11.3 Å². The van der Waals surface area contributed by atoms with Crippen molar-refractivity contribution in [2.45, 2.75) is 13.5 Å². The van der Waals surface area contributed by atoms with Crippen molar-refractivity contribution in [3.05, 3.63) is 72.0 Å². The smallest absolute Gasteiger partial charge is 0.494 e. The molecule has 0 aliphatic carbocycles. The number of aromatic nitrogens is 1. The average Bonchev–Trinajstić information content (AvgIpc) is 3.19. The maximum absolute atomic E-state index is 14.5. The maximum Gasteiger partial charge on any atom is 0.515 e. The number of H-pyrrole nitrogens is 1. The number of fused-ring (bicyclic) bond motifs is 1. The Kier molecular flexibility index (Phi) is 6.87. The molecule has 1 heterocycles. The fourth-order valence-corrected chi connectivity index (χ4v) is 3.60. The third kappa shape index (κ3) is 4.76. The summed E-state index contributed by atoms with van der Waals surface area (Å²) in [7, 11) is 2.92. The standard InChI is InChI=1S/C26H24FNO6/c1-4-32-26(29)34-25-24(17-10-11-21(30-2)19(27)12-17)18-13-22(31-3)23(14-20(18)28-25)33-15-16-8-6-5-7-9-16/h5-14,28H,4,15H2,1-3H3. The van der Waals surface area contributed by atoms with E-state index in [1.807, 2.05) is 30.3 Å². The van der Waals surface area contributed by atoms with Crippen LogP contribution in [0.4, 0.5) is 9.18 Å². The first-order valence-corrected chi connectivity index (χ1v) is 10.6. The van der Waals surface area contributed by atoms with E-state index in [2.05, 4.69) is 4.98 Å². The molecular weight excluding hydrogens is 441 g/mol. The second-order valence-corrected chi connectivity index (χ2v) is 7.29. The summed E-state index contributed by atoms with van der Waals surface area (Å²) in [6.45, 7) is 2.16. The topological polar surface area (TPSA) is 79.0 Å². The molecule has 0 aliphatic heterocycles. The summed E-state index contributed by atoms with van der Waals surface area (Å²) < 4.78 is 41.4. The number of rotatable bonds is 8. The van der Waals surface area contributed by atoms with Crippen LogP contribution in [0.25, 0.3) is 22.0 Å². The summed E-state index contributed by atoms with van der Waals surface area (Å²) in [4.78, 5) is 15.2. The van der Waals surface area contributed by atoms with Gasteiger partial charge in [0.15, 0.2) is 23.1 Å². The molecule has 1 N–H and O–H groups in total. The Bertz CT molecular complexity index is 1300. The molecule has 8 heteroatoms. The Morgan fingerprint density at radius 2 is 1.71 bits per heavy atom. The quantitative estimate of drug-likeness (QED) is 0.317. The predicted molar refractivity (Wildman–Crippen MR) is 125 cm³/mol. The molecule has 0 aliphatic rings. The molecule has 4 rings (SSSR count). The van der Waals surface area contributed by atoms with Gasteiger partial charge in [0.2, 0.25) is 5.88 Å². The molecule has 1 aromatic heterocycles. The van der Waals surface area contributed by atoms with E-state index in [0.29, 0.717) is 40.1 Å². The number of aromatic amines is 1. The number of ether oxygens (including phenoxy) is 5. The van der Waals surface area contributed by atoms with Crippen molar-refractivity contribution in [1.29, 1.82) is 0 Å². The first-order chi connectivity index (χ1) is 16.5. The van der Waals surface area contributed by atoms with Crippen LogP contribution in [-0.4, -0.2) is 32.0 Å². The summed E-state index contributed by atoms with van der Waals surface area (Å²) >= 11 is 0.